The second-order valence-electron chi connectivity index (χ2n) is 8.08. The Morgan fingerprint density at radius 3 is 2.48 bits per heavy atom. The molecular weight excluding hydrogens is 392 g/mol. The number of hydroxylamine groups is 1. The summed E-state index contributed by atoms with van der Waals surface area (Å²) in [7, 11) is -3.62. The van der Waals surface area contributed by atoms with E-state index in [0.717, 1.165) is 6.61 Å². The van der Waals surface area contributed by atoms with Gasteiger partial charge in [-0.25, -0.2) is 13.9 Å². The van der Waals surface area contributed by atoms with Gasteiger partial charge in [-0.15, -0.1) is 0 Å². The van der Waals surface area contributed by atoms with Crippen molar-refractivity contribution in [2.45, 2.75) is 68.8 Å². The van der Waals surface area contributed by atoms with Gasteiger partial charge in [-0.2, -0.15) is 4.31 Å². The zero-order valence-electron chi connectivity index (χ0n) is 16.9. The minimum atomic E-state index is -3.62. The van der Waals surface area contributed by atoms with Crippen LogP contribution >= 0.6 is 0 Å². The van der Waals surface area contributed by atoms with E-state index in [4.69, 9.17) is 9.94 Å². The van der Waals surface area contributed by atoms with Gasteiger partial charge in [0.25, 0.3) is 0 Å². The predicted molar refractivity (Wildman–Crippen MR) is 109 cm³/mol. The molecule has 162 valence electrons. The number of hydrogen-bond acceptors (Lipinski definition) is 5. The average molecular weight is 425 g/mol. The third-order valence-electron chi connectivity index (χ3n) is 6.03. The molecule has 3 rings (SSSR count). The summed E-state index contributed by atoms with van der Waals surface area (Å²) in [5, 5.41) is 8.66. The molecule has 7 nitrogen and oxygen atoms in total. The number of amides is 1. The highest BCUT2D eigenvalue weighted by molar-refractivity contribution is 7.89. The summed E-state index contributed by atoms with van der Waals surface area (Å²) in [5.74, 6) is 0.127. The monoisotopic (exact) mass is 424 g/mol. The van der Waals surface area contributed by atoms with Crippen molar-refractivity contribution in [3.8, 4) is 0 Å². The van der Waals surface area contributed by atoms with Gasteiger partial charge in [-0.05, 0) is 49.7 Å². The van der Waals surface area contributed by atoms with Gasteiger partial charge in [0, 0.05) is 26.1 Å². The molecule has 0 aromatic heterocycles. The van der Waals surface area contributed by atoms with Crippen molar-refractivity contribution < 1.29 is 23.2 Å². The minimum absolute atomic E-state index is 0.0279. The summed E-state index contributed by atoms with van der Waals surface area (Å²) in [6.07, 6.45) is 8.25. The molecule has 0 atom stereocenters. The Morgan fingerprint density at radius 2 is 1.79 bits per heavy atom. The number of carbonyl (C=O) groups is 1. The number of hydrogen-bond donors (Lipinski definition) is 2. The van der Waals surface area contributed by atoms with Crippen LogP contribution in [0.15, 0.2) is 29.2 Å². The first-order valence-electron chi connectivity index (χ1n) is 10.6. The molecule has 1 heterocycles. The van der Waals surface area contributed by atoms with Gasteiger partial charge in [0.15, 0.2) is 0 Å². The topological polar surface area (TPSA) is 95.9 Å². The van der Waals surface area contributed by atoms with Crippen LogP contribution in [0, 0.1) is 5.92 Å². The Labute approximate surface area is 173 Å². The largest absolute Gasteiger partial charge is 0.378 e. The molecule has 1 aromatic carbocycles. The lowest BCUT2D eigenvalue weighted by atomic mass is 9.90. The van der Waals surface area contributed by atoms with Crippen LogP contribution in [0.3, 0.4) is 0 Å². The smallest absolute Gasteiger partial charge is 0.243 e. The molecule has 2 fully saturated rings. The first kappa shape index (κ1) is 22.2. The molecule has 1 saturated heterocycles. The number of benzene rings is 1. The van der Waals surface area contributed by atoms with E-state index < -0.39 is 15.9 Å². The van der Waals surface area contributed by atoms with Crippen LogP contribution in [-0.4, -0.2) is 49.6 Å². The number of nitrogens with zero attached hydrogens (tertiary/aromatic N) is 1. The zero-order chi connectivity index (χ0) is 20.7. The summed E-state index contributed by atoms with van der Waals surface area (Å²) in [4.78, 5) is 11.6. The minimum Gasteiger partial charge on any atom is -0.378 e. The van der Waals surface area contributed by atoms with Crippen LogP contribution in [0.2, 0.25) is 0 Å². The molecule has 0 radical (unpaired) electrons. The van der Waals surface area contributed by atoms with Crippen LogP contribution in [0.1, 0.15) is 56.9 Å². The van der Waals surface area contributed by atoms with Crippen molar-refractivity contribution in [1.82, 2.24) is 9.79 Å². The van der Waals surface area contributed by atoms with Gasteiger partial charge in [0.2, 0.25) is 15.9 Å². The molecular formula is C21H32N2O5S. The Morgan fingerprint density at radius 1 is 1.10 bits per heavy atom. The van der Waals surface area contributed by atoms with Crippen molar-refractivity contribution in [3.05, 3.63) is 29.8 Å². The summed E-state index contributed by atoms with van der Waals surface area (Å²) < 4.78 is 34.0. The summed E-state index contributed by atoms with van der Waals surface area (Å²) in [6.45, 7) is 1.69. The summed E-state index contributed by atoms with van der Waals surface area (Å²) in [6, 6.07) is 6.77. The fraction of sp³-hybridized carbons (Fsp3) is 0.667. The van der Waals surface area contributed by atoms with Gasteiger partial charge < -0.3 is 4.74 Å². The number of sulfonamides is 1. The van der Waals surface area contributed by atoms with Gasteiger partial charge in [-0.3, -0.25) is 10.0 Å². The number of nitrogens with one attached hydrogen (secondary N) is 1. The normalized spacial score (nSPS) is 19.9. The predicted octanol–water partition coefficient (Wildman–Crippen LogP) is 2.87. The van der Waals surface area contributed by atoms with E-state index in [9.17, 15) is 13.2 Å². The molecule has 2 aliphatic rings. The molecule has 1 saturated carbocycles. The molecule has 1 aromatic rings. The van der Waals surface area contributed by atoms with Gasteiger partial charge in [0.05, 0.1) is 11.0 Å². The van der Waals surface area contributed by atoms with Crippen LogP contribution in [0.25, 0.3) is 0 Å². The van der Waals surface area contributed by atoms with Crippen LogP contribution in [0.4, 0.5) is 0 Å². The van der Waals surface area contributed by atoms with E-state index in [0.29, 0.717) is 37.4 Å². The third-order valence-corrected chi connectivity index (χ3v) is 8.03. The van der Waals surface area contributed by atoms with Crippen LogP contribution < -0.4 is 5.48 Å². The average Bonchev–Trinajstić information content (AvgIpc) is 2.77. The highest BCUT2D eigenvalue weighted by atomic mass is 32.2. The second-order valence-corrected chi connectivity index (χ2v) is 9.99. The second kappa shape index (κ2) is 10.5. The van der Waals surface area contributed by atoms with Crippen molar-refractivity contribution >= 4 is 15.9 Å². The van der Waals surface area contributed by atoms with E-state index in [1.165, 1.54) is 36.4 Å². The number of carbonyl (C=O) groups excluding carboxylic acids is 1. The van der Waals surface area contributed by atoms with E-state index in [1.807, 2.05) is 0 Å². The van der Waals surface area contributed by atoms with Crippen molar-refractivity contribution in [2.24, 2.45) is 5.92 Å². The first-order valence-corrected chi connectivity index (χ1v) is 12.1. The van der Waals surface area contributed by atoms with Crippen LogP contribution in [0.5, 0.6) is 0 Å². The van der Waals surface area contributed by atoms with Gasteiger partial charge in [0.1, 0.15) is 0 Å². The van der Waals surface area contributed by atoms with E-state index in [-0.39, 0.29) is 23.8 Å². The molecule has 0 unspecified atom stereocenters. The van der Waals surface area contributed by atoms with E-state index in [2.05, 4.69) is 0 Å². The fourth-order valence-corrected chi connectivity index (χ4v) is 5.99. The van der Waals surface area contributed by atoms with E-state index >= 15 is 0 Å². The SMILES string of the molecule is O=C(CCc1ccccc1S(=O)(=O)N1CCC(OCC2CCCCC2)CC1)NO. The molecule has 29 heavy (non-hydrogen) atoms. The fourth-order valence-electron chi connectivity index (χ4n) is 4.27. The Kier molecular flexibility index (Phi) is 8.06. The summed E-state index contributed by atoms with van der Waals surface area (Å²) in [5.41, 5.74) is 2.17. The highest BCUT2D eigenvalue weighted by Gasteiger charge is 2.31. The zero-order valence-corrected chi connectivity index (χ0v) is 17.7. The standard InChI is InChI=1S/C21H32N2O5S/c24-21(22-25)11-10-18-8-4-5-9-20(18)29(26,27)23-14-12-19(13-15-23)28-16-17-6-2-1-3-7-17/h4-5,8-9,17,19,25H,1-3,6-7,10-16H2,(H,22,24). The molecule has 1 aliphatic heterocycles. The summed E-state index contributed by atoms with van der Waals surface area (Å²) >= 11 is 0. The molecule has 0 spiro atoms. The Bertz CT molecular complexity index is 769. The lowest BCUT2D eigenvalue weighted by Crippen LogP contribution is -2.41. The van der Waals surface area contributed by atoms with Gasteiger partial charge >= 0.3 is 0 Å². The number of piperidine rings is 1. The molecule has 8 heteroatoms. The third kappa shape index (κ3) is 6.01. The van der Waals surface area contributed by atoms with E-state index in [1.54, 1.807) is 29.7 Å². The van der Waals surface area contributed by atoms with Gasteiger partial charge in [-0.1, -0.05) is 37.5 Å². The lowest BCUT2D eigenvalue weighted by Gasteiger charge is -2.33. The maximum absolute atomic E-state index is 13.2. The Balaban J connectivity index is 1.56. The van der Waals surface area contributed by atoms with Crippen molar-refractivity contribution in [1.29, 1.82) is 0 Å². The molecule has 1 amide bonds. The molecule has 1 aliphatic carbocycles. The van der Waals surface area contributed by atoms with Crippen molar-refractivity contribution in [2.75, 3.05) is 19.7 Å². The van der Waals surface area contributed by atoms with Crippen LogP contribution in [-0.2, 0) is 26.0 Å². The van der Waals surface area contributed by atoms with Crippen molar-refractivity contribution in [3.63, 3.8) is 0 Å². The lowest BCUT2D eigenvalue weighted by molar-refractivity contribution is -0.129. The number of aryl methyl sites for hydroxylation is 1. The Hall–Kier alpha value is -1.48. The number of ether oxygens (including phenoxy) is 1. The molecule has 0 bridgehead atoms. The maximum Gasteiger partial charge on any atom is 0.243 e. The maximum atomic E-state index is 13.2. The number of rotatable bonds is 8. The highest BCUT2D eigenvalue weighted by Crippen LogP contribution is 2.27. The quantitative estimate of drug-likeness (QED) is 0.494. The first-order chi connectivity index (χ1) is 14.0. The molecule has 2 N–H and O–H groups in total.